The van der Waals surface area contributed by atoms with Gasteiger partial charge in [-0.15, -0.1) is 0 Å². The van der Waals surface area contributed by atoms with Crippen LogP contribution in [0.4, 0.5) is 0 Å². The minimum Gasteiger partial charge on any atom is -0.493 e. The van der Waals surface area contributed by atoms with Gasteiger partial charge in [-0.1, -0.05) is 6.07 Å². The lowest BCUT2D eigenvalue weighted by molar-refractivity contribution is -0.139. The molecule has 6 nitrogen and oxygen atoms in total. The van der Waals surface area contributed by atoms with Gasteiger partial charge in [-0.05, 0) is 49.2 Å². The predicted octanol–water partition coefficient (Wildman–Crippen LogP) is 3.09. The summed E-state index contributed by atoms with van der Waals surface area (Å²) in [5.74, 6) is 0.957. The molecule has 1 aliphatic heterocycles. The van der Waals surface area contributed by atoms with Gasteiger partial charge in [-0.2, -0.15) is 0 Å². The van der Waals surface area contributed by atoms with Gasteiger partial charge >= 0.3 is 5.97 Å². The maximum absolute atomic E-state index is 10.7. The fourth-order valence-electron chi connectivity index (χ4n) is 3.12. The number of carboxylic acid groups (broad SMARTS) is 1. The molecule has 1 atom stereocenters. The fourth-order valence-corrected chi connectivity index (χ4v) is 3.12. The molecule has 1 fully saturated rings. The fraction of sp³-hybridized carbons (Fsp3) is 0.389. The molecule has 0 amide bonds. The van der Waals surface area contributed by atoms with Crippen LogP contribution in [-0.2, 0) is 11.3 Å². The molecule has 1 aliphatic rings. The number of carboxylic acids is 1. The normalized spacial score (nSPS) is 17.8. The predicted molar refractivity (Wildman–Crippen MR) is 87.2 cm³/mol. The third-order valence-corrected chi connectivity index (χ3v) is 4.20. The van der Waals surface area contributed by atoms with Crippen molar-refractivity contribution >= 4 is 5.97 Å². The maximum Gasteiger partial charge on any atom is 0.341 e. The molecule has 1 unspecified atom stereocenters. The summed E-state index contributed by atoms with van der Waals surface area (Å²) in [6.45, 7) is 1.36. The van der Waals surface area contributed by atoms with E-state index >= 15 is 0 Å². The Morgan fingerprint density at radius 1 is 1.38 bits per heavy atom. The van der Waals surface area contributed by atoms with Crippen molar-refractivity contribution < 1.29 is 23.8 Å². The van der Waals surface area contributed by atoms with Gasteiger partial charge in [0.05, 0.1) is 19.4 Å². The first-order valence-corrected chi connectivity index (χ1v) is 7.96. The number of hydrogen-bond acceptors (Lipinski definition) is 5. The van der Waals surface area contributed by atoms with E-state index in [-0.39, 0.29) is 6.04 Å². The van der Waals surface area contributed by atoms with E-state index in [9.17, 15) is 4.79 Å². The molecule has 1 saturated heterocycles. The Hall–Kier alpha value is -2.47. The van der Waals surface area contributed by atoms with Crippen LogP contribution in [-0.4, -0.2) is 36.2 Å². The van der Waals surface area contributed by atoms with Gasteiger partial charge in [0, 0.05) is 6.54 Å². The lowest BCUT2D eigenvalue weighted by Crippen LogP contribution is -2.22. The molecule has 6 heteroatoms. The Morgan fingerprint density at radius 3 is 2.96 bits per heavy atom. The first-order valence-electron chi connectivity index (χ1n) is 7.96. The van der Waals surface area contributed by atoms with Gasteiger partial charge in [-0.3, -0.25) is 4.90 Å². The van der Waals surface area contributed by atoms with Crippen molar-refractivity contribution in [1.29, 1.82) is 0 Å². The Bertz CT molecular complexity index is 683. The Balaban J connectivity index is 1.74. The van der Waals surface area contributed by atoms with Gasteiger partial charge in [-0.25, -0.2) is 4.79 Å². The number of aliphatic carboxylic acids is 1. The second-order valence-electron chi connectivity index (χ2n) is 5.81. The van der Waals surface area contributed by atoms with Crippen molar-refractivity contribution in [3.05, 3.63) is 47.9 Å². The molecule has 2 heterocycles. The van der Waals surface area contributed by atoms with E-state index in [2.05, 4.69) is 4.90 Å². The van der Waals surface area contributed by atoms with Crippen LogP contribution in [0.3, 0.4) is 0 Å². The minimum absolute atomic E-state index is 0.283. The average molecular weight is 331 g/mol. The van der Waals surface area contributed by atoms with Gasteiger partial charge in [0.15, 0.2) is 18.1 Å². The second-order valence-corrected chi connectivity index (χ2v) is 5.81. The van der Waals surface area contributed by atoms with Crippen LogP contribution in [0, 0.1) is 0 Å². The third kappa shape index (κ3) is 3.71. The molecule has 0 saturated carbocycles. The van der Waals surface area contributed by atoms with Gasteiger partial charge in [0.1, 0.15) is 5.76 Å². The van der Waals surface area contributed by atoms with E-state index in [0.717, 1.165) is 37.3 Å². The highest BCUT2D eigenvalue weighted by Gasteiger charge is 2.28. The van der Waals surface area contributed by atoms with E-state index < -0.39 is 12.6 Å². The average Bonchev–Trinajstić information content (AvgIpc) is 3.24. The number of likely N-dealkylation sites (tertiary alicyclic amines) is 1. The second kappa shape index (κ2) is 7.40. The Labute approximate surface area is 140 Å². The zero-order chi connectivity index (χ0) is 16.9. The summed E-state index contributed by atoms with van der Waals surface area (Å²) < 4.78 is 16.1. The number of rotatable bonds is 7. The monoisotopic (exact) mass is 331 g/mol. The highest BCUT2D eigenvalue weighted by molar-refractivity contribution is 5.68. The summed E-state index contributed by atoms with van der Waals surface area (Å²) in [6, 6.07) is 9.84. The number of ether oxygens (including phenoxy) is 2. The zero-order valence-corrected chi connectivity index (χ0v) is 13.6. The molecule has 0 spiro atoms. The molecule has 0 radical (unpaired) electrons. The van der Waals surface area contributed by atoms with E-state index in [1.165, 1.54) is 7.11 Å². The minimum atomic E-state index is -1.01. The maximum atomic E-state index is 10.7. The quantitative estimate of drug-likeness (QED) is 0.840. The van der Waals surface area contributed by atoms with E-state index in [1.54, 1.807) is 6.26 Å². The summed E-state index contributed by atoms with van der Waals surface area (Å²) in [5.41, 5.74) is 1.05. The molecule has 1 aromatic heterocycles. The largest absolute Gasteiger partial charge is 0.493 e. The van der Waals surface area contributed by atoms with Crippen LogP contribution < -0.4 is 9.47 Å². The van der Waals surface area contributed by atoms with Crippen LogP contribution in [0.5, 0.6) is 11.5 Å². The zero-order valence-electron chi connectivity index (χ0n) is 13.6. The summed E-state index contributed by atoms with van der Waals surface area (Å²) in [4.78, 5) is 13.1. The summed E-state index contributed by atoms with van der Waals surface area (Å²) in [6.07, 6.45) is 3.91. The van der Waals surface area contributed by atoms with Crippen molar-refractivity contribution in [3.63, 3.8) is 0 Å². The number of hydrogen-bond donors (Lipinski definition) is 1. The standard InChI is InChI=1S/C18H21NO5/c1-22-16-7-6-13(10-17(16)24-12-18(20)21)11-19-8-2-4-14(19)15-5-3-9-23-15/h3,5-7,9-10,14H,2,4,8,11-12H2,1H3,(H,20,21). The number of benzene rings is 1. The lowest BCUT2D eigenvalue weighted by Gasteiger charge is -2.23. The molecule has 1 aromatic carbocycles. The number of furan rings is 1. The summed E-state index contributed by atoms with van der Waals surface area (Å²) >= 11 is 0. The van der Waals surface area contributed by atoms with Crippen LogP contribution in [0.1, 0.15) is 30.2 Å². The first-order chi connectivity index (χ1) is 11.7. The van der Waals surface area contributed by atoms with Crippen molar-refractivity contribution in [2.75, 3.05) is 20.3 Å². The van der Waals surface area contributed by atoms with Gasteiger partial charge in [0.2, 0.25) is 0 Å². The molecular formula is C18H21NO5. The number of carbonyl (C=O) groups is 1. The highest BCUT2D eigenvalue weighted by Crippen LogP contribution is 2.35. The number of methoxy groups -OCH3 is 1. The summed E-state index contributed by atoms with van der Waals surface area (Å²) in [7, 11) is 1.54. The first kappa shape index (κ1) is 16.4. The van der Waals surface area contributed by atoms with Crippen LogP contribution >= 0.6 is 0 Å². The van der Waals surface area contributed by atoms with E-state index in [0.29, 0.717) is 11.5 Å². The van der Waals surface area contributed by atoms with Crippen molar-refractivity contribution in [2.45, 2.75) is 25.4 Å². The Kier molecular flexibility index (Phi) is 5.05. The van der Waals surface area contributed by atoms with Crippen LogP contribution in [0.15, 0.2) is 41.0 Å². The lowest BCUT2D eigenvalue weighted by atomic mass is 10.1. The molecule has 3 rings (SSSR count). The van der Waals surface area contributed by atoms with Gasteiger partial charge in [0.25, 0.3) is 0 Å². The van der Waals surface area contributed by atoms with Crippen LogP contribution in [0.2, 0.25) is 0 Å². The molecule has 0 bridgehead atoms. The molecule has 1 N–H and O–H groups in total. The molecule has 0 aliphatic carbocycles. The van der Waals surface area contributed by atoms with E-state index in [4.69, 9.17) is 19.0 Å². The molecule has 24 heavy (non-hydrogen) atoms. The van der Waals surface area contributed by atoms with Gasteiger partial charge < -0.3 is 19.0 Å². The van der Waals surface area contributed by atoms with Crippen LogP contribution in [0.25, 0.3) is 0 Å². The smallest absolute Gasteiger partial charge is 0.341 e. The molecular weight excluding hydrogens is 310 g/mol. The number of nitrogens with zero attached hydrogens (tertiary/aromatic N) is 1. The molecule has 2 aromatic rings. The highest BCUT2D eigenvalue weighted by atomic mass is 16.5. The van der Waals surface area contributed by atoms with E-state index in [1.807, 2.05) is 30.3 Å². The topological polar surface area (TPSA) is 72.1 Å². The van der Waals surface area contributed by atoms with Crippen molar-refractivity contribution in [1.82, 2.24) is 4.90 Å². The van der Waals surface area contributed by atoms with Crippen molar-refractivity contribution in [2.24, 2.45) is 0 Å². The third-order valence-electron chi connectivity index (χ3n) is 4.20. The SMILES string of the molecule is COc1ccc(CN2CCCC2c2ccco2)cc1OCC(=O)O. The summed E-state index contributed by atoms with van der Waals surface area (Å²) in [5, 5.41) is 8.79. The van der Waals surface area contributed by atoms with Crippen molar-refractivity contribution in [3.8, 4) is 11.5 Å². The Morgan fingerprint density at radius 2 is 2.25 bits per heavy atom. The molecule has 128 valence electrons.